The molecule has 0 unspecified atom stereocenters. The van der Waals surface area contributed by atoms with Crippen LogP contribution in [0.4, 0.5) is 5.95 Å². The van der Waals surface area contributed by atoms with Crippen molar-refractivity contribution in [3.8, 4) is 0 Å². The fourth-order valence-electron chi connectivity index (χ4n) is 1.00. The average molecular weight is 224 g/mol. The van der Waals surface area contributed by atoms with Crippen molar-refractivity contribution in [2.75, 3.05) is 25.5 Å². The van der Waals surface area contributed by atoms with Crippen molar-refractivity contribution < 1.29 is 9.53 Å². The molecule has 0 spiro atoms. The summed E-state index contributed by atoms with van der Waals surface area (Å²) in [5, 5.41) is 5.70. The summed E-state index contributed by atoms with van der Waals surface area (Å²) < 4.78 is 4.87. The third kappa shape index (κ3) is 4.22. The van der Waals surface area contributed by atoms with E-state index in [0.717, 1.165) is 0 Å². The minimum Gasteiger partial charge on any atom is -0.372 e. The molecule has 0 saturated carbocycles. The van der Waals surface area contributed by atoms with Gasteiger partial charge in [0.1, 0.15) is 6.10 Å². The summed E-state index contributed by atoms with van der Waals surface area (Å²) in [7, 11) is 1.50. The van der Waals surface area contributed by atoms with Crippen LogP contribution in [0, 0.1) is 0 Å². The molecule has 1 atom stereocenters. The highest BCUT2D eigenvalue weighted by molar-refractivity contribution is 5.80. The van der Waals surface area contributed by atoms with E-state index in [1.54, 1.807) is 25.4 Å². The first-order valence-electron chi connectivity index (χ1n) is 5.05. The maximum absolute atomic E-state index is 11.3. The van der Waals surface area contributed by atoms with Gasteiger partial charge in [-0.2, -0.15) is 0 Å². The van der Waals surface area contributed by atoms with Crippen molar-refractivity contribution in [3.05, 3.63) is 18.5 Å². The van der Waals surface area contributed by atoms with Crippen LogP contribution in [0.15, 0.2) is 18.5 Å². The first kappa shape index (κ1) is 12.4. The van der Waals surface area contributed by atoms with Crippen molar-refractivity contribution >= 4 is 11.9 Å². The maximum Gasteiger partial charge on any atom is 0.248 e. The van der Waals surface area contributed by atoms with Crippen molar-refractivity contribution in [1.29, 1.82) is 0 Å². The van der Waals surface area contributed by atoms with Gasteiger partial charge >= 0.3 is 0 Å². The van der Waals surface area contributed by atoms with Gasteiger partial charge in [0.25, 0.3) is 0 Å². The van der Waals surface area contributed by atoms with Crippen LogP contribution in [-0.4, -0.2) is 42.2 Å². The number of ether oxygens (including phenoxy) is 1. The van der Waals surface area contributed by atoms with Gasteiger partial charge in [-0.05, 0) is 13.0 Å². The Balaban J connectivity index is 2.15. The van der Waals surface area contributed by atoms with E-state index in [-0.39, 0.29) is 5.91 Å². The van der Waals surface area contributed by atoms with Crippen LogP contribution in [0.25, 0.3) is 0 Å². The van der Waals surface area contributed by atoms with E-state index in [1.807, 2.05) is 0 Å². The topological polar surface area (TPSA) is 76.1 Å². The summed E-state index contributed by atoms with van der Waals surface area (Å²) in [5.41, 5.74) is 0. The number of anilines is 1. The summed E-state index contributed by atoms with van der Waals surface area (Å²) in [5.74, 6) is 0.426. The molecule has 0 aliphatic carbocycles. The summed E-state index contributed by atoms with van der Waals surface area (Å²) in [6, 6.07) is 1.74. The number of hydrogen-bond donors (Lipinski definition) is 2. The van der Waals surface area contributed by atoms with Gasteiger partial charge in [0.05, 0.1) is 0 Å². The van der Waals surface area contributed by atoms with Crippen molar-refractivity contribution in [1.82, 2.24) is 15.3 Å². The smallest absolute Gasteiger partial charge is 0.248 e. The highest BCUT2D eigenvalue weighted by Crippen LogP contribution is 1.92. The lowest BCUT2D eigenvalue weighted by Crippen LogP contribution is -2.36. The molecule has 0 aromatic carbocycles. The number of aromatic nitrogens is 2. The number of hydrogen-bond acceptors (Lipinski definition) is 5. The Morgan fingerprint density at radius 2 is 2.12 bits per heavy atom. The largest absolute Gasteiger partial charge is 0.372 e. The fourth-order valence-corrected chi connectivity index (χ4v) is 1.00. The Morgan fingerprint density at radius 3 is 2.75 bits per heavy atom. The van der Waals surface area contributed by atoms with E-state index in [2.05, 4.69) is 20.6 Å². The molecule has 0 aliphatic rings. The van der Waals surface area contributed by atoms with Gasteiger partial charge in [-0.1, -0.05) is 0 Å². The fraction of sp³-hybridized carbons (Fsp3) is 0.500. The van der Waals surface area contributed by atoms with Crippen LogP contribution >= 0.6 is 0 Å². The van der Waals surface area contributed by atoms with E-state index in [1.165, 1.54) is 7.11 Å². The second kappa shape index (κ2) is 6.73. The average Bonchev–Trinajstić information content (AvgIpc) is 2.34. The molecule has 6 nitrogen and oxygen atoms in total. The van der Waals surface area contributed by atoms with E-state index >= 15 is 0 Å². The number of rotatable bonds is 6. The number of amides is 1. The Labute approximate surface area is 94.4 Å². The molecule has 1 aromatic rings. The molecule has 6 heteroatoms. The minimum absolute atomic E-state index is 0.127. The van der Waals surface area contributed by atoms with Crippen LogP contribution in [0.3, 0.4) is 0 Å². The molecule has 1 heterocycles. The van der Waals surface area contributed by atoms with Gasteiger partial charge in [0.2, 0.25) is 11.9 Å². The van der Waals surface area contributed by atoms with E-state index < -0.39 is 6.10 Å². The molecule has 0 fully saturated rings. The highest BCUT2D eigenvalue weighted by Gasteiger charge is 2.09. The molecule has 2 N–H and O–H groups in total. The first-order valence-corrected chi connectivity index (χ1v) is 5.05. The van der Waals surface area contributed by atoms with Gasteiger partial charge in [-0.15, -0.1) is 0 Å². The predicted molar refractivity (Wildman–Crippen MR) is 60.0 cm³/mol. The molecule has 1 aromatic heterocycles. The molecular formula is C10H16N4O2. The normalized spacial score (nSPS) is 11.9. The zero-order valence-electron chi connectivity index (χ0n) is 9.43. The maximum atomic E-state index is 11.3. The second-order valence-corrected chi connectivity index (χ2v) is 3.17. The lowest BCUT2D eigenvalue weighted by Gasteiger charge is -2.10. The van der Waals surface area contributed by atoms with Crippen LogP contribution in [0.5, 0.6) is 0 Å². The van der Waals surface area contributed by atoms with Gasteiger partial charge in [-0.3, -0.25) is 4.79 Å². The van der Waals surface area contributed by atoms with Crippen LogP contribution in [0.2, 0.25) is 0 Å². The Kier molecular flexibility index (Phi) is 5.21. The quantitative estimate of drug-likeness (QED) is 0.667. The van der Waals surface area contributed by atoms with Crippen LogP contribution in [-0.2, 0) is 9.53 Å². The number of methoxy groups -OCH3 is 1. The molecule has 1 rings (SSSR count). The van der Waals surface area contributed by atoms with Gasteiger partial charge in [-0.25, -0.2) is 9.97 Å². The zero-order chi connectivity index (χ0) is 11.8. The Morgan fingerprint density at radius 1 is 1.44 bits per heavy atom. The summed E-state index contributed by atoms with van der Waals surface area (Å²) >= 11 is 0. The lowest BCUT2D eigenvalue weighted by atomic mass is 10.4. The number of carbonyl (C=O) groups excluding carboxylic acids is 1. The predicted octanol–water partition coefficient (Wildman–Crippen LogP) is 0.0396. The third-order valence-corrected chi connectivity index (χ3v) is 2.00. The standard InChI is InChI=1S/C10H16N4O2/c1-8(16-2)9(15)11-6-7-14-10-12-4-3-5-13-10/h3-5,8H,6-7H2,1-2H3,(H,11,15)(H,12,13,14)/t8-/m1/s1. The zero-order valence-corrected chi connectivity index (χ0v) is 9.43. The number of nitrogens with one attached hydrogen (secondary N) is 2. The van der Waals surface area contributed by atoms with Gasteiger partial charge in [0.15, 0.2) is 0 Å². The SMILES string of the molecule is CO[C@H](C)C(=O)NCCNc1ncccn1. The monoisotopic (exact) mass is 224 g/mol. The summed E-state index contributed by atoms with van der Waals surface area (Å²) in [6.07, 6.45) is 2.88. The van der Waals surface area contributed by atoms with Crippen LogP contribution < -0.4 is 10.6 Å². The molecule has 1 amide bonds. The Hall–Kier alpha value is -1.69. The van der Waals surface area contributed by atoms with Gasteiger partial charge < -0.3 is 15.4 Å². The molecule has 88 valence electrons. The lowest BCUT2D eigenvalue weighted by molar-refractivity contribution is -0.129. The number of nitrogens with zero attached hydrogens (tertiary/aromatic N) is 2. The molecule has 0 saturated heterocycles. The molecule has 0 bridgehead atoms. The number of carbonyl (C=O) groups is 1. The van der Waals surface area contributed by atoms with E-state index in [4.69, 9.17) is 4.74 Å². The molecular weight excluding hydrogens is 208 g/mol. The van der Waals surface area contributed by atoms with E-state index in [0.29, 0.717) is 19.0 Å². The molecule has 0 radical (unpaired) electrons. The Bertz CT molecular complexity index is 318. The first-order chi connectivity index (χ1) is 7.74. The second-order valence-electron chi connectivity index (χ2n) is 3.17. The third-order valence-electron chi connectivity index (χ3n) is 2.00. The summed E-state index contributed by atoms with van der Waals surface area (Å²) in [4.78, 5) is 19.3. The van der Waals surface area contributed by atoms with Crippen LogP contribution in [0.1, 0.15) is 6.92 Å². The molecule has 16 heavy (non-hydrogen) atoms. The minimum atomic E-state index is -0.423. The summed E-state index contributed by atoms with van der Waals surface area (Å²) in [6.45, 7) is 2.78. The van der Waals surface area contributed by atoms with Crippen molar-refractivity contribution in [2.45, 2.75) is 13.0 Å². The van der Waals surface area contributed by atoms with Crippen molar-refractivity contribution in [3.63, 3.8) is 0 Å². The highest BCUT2D eigenvalue weighted by atomic mass is 16.5. The molecule has 0 aliphatic heterocycles. The van der Waals surface area contributed by atoms with E-state index in [9.17, 15) is 4.79 Å². The van der Waals surface area contributed by atoms with Crippen molar-refractivity contribution in [2.24, 2.45) is 0 Å². The van der Waals surface area contributed by atoms with Gasteiger partial charge in [0, 0.05) is 32.6 Å².